The van der Waals surface area contributed by atoms with Crippen LogP contribution in [0, 0.1) is 5.92 Å². The second kappa shape index (κ2) is 7.05. The number of allylic oxidation sites excluding steroid dienone is 2. The lowest BCUT2D eigenvalue weighted by atomic mass is 9.81. The van der Waals surface area contributed by atoms with Crippen molar-refractivity contribution in [3.8, 4) is 0 Å². The molecule has 1 fully saturated rings. The first-order chi connectivity index (χ1) is 11.5. The summed E-state index contributed by atoms with van der Waals surface area (Å²) in [6.45, 7) is 8.91. The van der Waals surface area contributed by atoms with Gasteiger partial charge >= 0.3 is 0 Å². The van der Waals surface area contributed by atoms with Gasteiger partial charge in [-0.2, -0.15) is 4.98 Å². The molecule has 2 atom stereocenters. The Labute approximate surface area is 143 Å². The van der Waals surface area contributed by atoms with E-state index in [0.29, 0.717) is 32.2 Å². The smallest absolute Gasteiger partial charge is 0.230 e. The van der Waals surface area contributed by atoms with Crippen LogP contribution in [0.2, 0.25) is 0 Å². The lowest BCUT2D eigenvalue weighted by Gasteiger charge is -2.33. The van der Waals surface area contributed by atoms with E-state index in [-0.39, 0.29) is 23.2 Å². The predicted octanol–water partition coefficient (Wildman–Crippen LogP) is 2.67. The first-order valence-electron chi connectivity index (χ1n) is 8.88. The summed E-state index contributed by atoms with van der Waals surface area (Å²) in [5.74, 6) is 1.36. The van der Waals surface area contributed by atoms with Crippen molar-refractivity contribution >= 4 is 5.91 Å². The van der Waals surface area contributed by atoms with Crippen molar-refractivity contribution in [1.82, 2.24) is 15.0 Å². The number of carbonyl (C=O) groups excluding carboxylic acids is 1. The van der Waals surface area contributed by atoms with Gasteiger partial charge in [0.05, 0.1) is 25.0 Å². The fourth-order valence-electron chi connectivity index (χ4n) is 3.20. The van der Waals surface area contributed by atoms with Crippen molar-refractivity contribution in [3.05, 3.63) is 23.9 Å². The van der Waals surface area contributed by atoms with Crippen LogP contribution in [0.1, 0.15) is 57.7 Å². The molecule has 0 aromatic carbocycles. The lowest BCUT2D eigenvalue weighted by Crippen LogP contribution is -2.45. The van der Waals surface area contributed by atoms with Crippen LogP contribution in [-0.4, -0.2) is 47.3 Å². The van der Waals surface area contributed by atoms with Gasteiger partial charge in [-0.15, -0.1) is 0 Å². The largest absolute Gasteiger partial charge is 0.378 e. The van der Waals surface area contributed by atoms with Gasteiger partial charge in [-0.05, 0) is 19.3 Å². The second-order valence-corrected chi connectivity index (χ2v) is 7.29. The van der Waals surface area contributed by atoms with Gasteiger partial charge in [-0.1, -0.05) is 38.1 Å². The first-order valence-corrected chi connectivity index (χ1v) is 8.88. The summed E-state index contributed by atoms with van der Waals surface area (Å²) >= 11 is 0. The number of aromatic nitrogens is 2. The number of nitrogens with zero attached hydrogens (tertiary/aromatic N) is 3. The lowest BCUT2D eigenvalue weighted by molar-refractivity contribution is -0.140. The molecule has 2 unspecified atom stereocenters. The van der Waals surface area contributed by atoms with E-state index in [9.17, 15) is 4.79 Å². The quantitative estimate of drug-likeness (QED) is 0.792. The van der Waals surface area contributed by atoms with Crippen LogP contribution in [0.15, 0.2) is 16.7 Å². The van der Waals surface area contributed by atoms with Gasteiger partial charge in [-0.25, -0.2) is 0 Å². The molecular formula is C18H27N3O3. The maximum atomic E-state index is 12.9. The van der Waals surface area contributed by atoms with Gasteiger partial charge < -0.3 is 14.2 Å². The fraction of sp³-hybridized carbons (Fsp3) is 0.722. The van der Waals surface area contributed by atoms with Crippen LogP contribution >= 0.6 is 0 Å². The van der Waals surface area contributed by atoms with Gasteiger partial charge in [0.25, 0.3) is 0 Å². The maximum absolute atomic E-state index is 12.9. The highest BCUT2D eigenvalue weighted by atomic mass is 16.5. The molecule has 0 radical (unpaired) electrons. The number of hydrogen-bond acceptors (Lipinski definition) is 5. The third-order valence-electron chi connectivity index (χ3n) is 5.32. The van der Waals surface area contributed by atoms with E-state index in [2.05, 4.69) is 43.1 Å². The SMILES string of the molecule is CCC(C)(C)c1noc(C2CC=CCC2C(=O)N2CCOCC2)n1. The molecule has 2 aliphatic rings. The summed E-state index contributed by atoms with van der Waals surface area (Å²) < 4.78 is 10.9. The third-order valence-corrected chi connectivity index (χ3v) is 5.32. The van der Waals surface area contributed by atoms with E-state index in [1.54, 1.807) is 0 Å². The first kappa shape index (κ1) is 17.1. The Kier molecular flexibility index (Phi) is 5.04. The maximum Gasteiger partial charge on any atom is 0.230 e. The second-order valence-electron chi connectivity index (χ2n) is 7.29. The van der Waals surface area contributed by atoms with Gasteiger partial charge in [0.15, 0.2) is 5.82 Å². The van der Waals surface area contributed by atoms with Gasteiger partial charge in [-0.3, -0.25) is 4.79 Å². The van der Waals surface area contributed by atoms with Crippen LogP contribution < -0.4 is 0 Å². The van der Waals surface area contributed by atoms with Crippen molar-refractivity contribution in [3.63, 3.8) is 0 Å². The van der Waals surface area contributed by atoms with Crippen LogP contribution in [0.3, 0.4) is 0 Å². The molecule has 6 nitrogen and oxygen atoms in total. The average Bonchev–Trinajstić information content (AvgIpc) is 3.13. The van der Waals surface area contributed by atoms with Crippen molar-refractivity contribution < 1.29 is 14.1 Å². The molecular weight excluding hydrogens is 306 g/mol. The fourth-order valence-corrected chi connectivity index (χ4v) is 3.20. The zero-order valence-corrected chi connectivity index (χ0v) is 14.8. The molecule has 6 heteroatoms. The number of rotatable bonds is 4. The Morgan fingerprint density at radius 3 is 2.71 bits per heavy atom. The minimum absolute atomic E-state index is 0.0285. The summed E-state index contributed by atoms with van der Waals surface area (Å²) in [5, 5.41) is 4.19. The molecule has 1 aliphatic carbocycles. The number of morpholine rings is 1. The summed E-state index contributed by atoms with van der Waals surface area (Å²) in [6.07, 6.45) is 6.65. The standard InChI is InChI=1S/C18H27N3O3/c1-4-18(2,3)17-19-15(24-20-17)13-7-5-6-8-14(13)16(22)21-9-11-23-12-10-21/h5-6,13-14H,4,7-12H2,1-3H3. The zero-order chi connectivity index (χ0) is 17.2. The molecule has 0 saturated carbocycles. The van der Waals surface area contributed by atoms with Gasteiger partial charge in [0.1, 0.15) is 0 Å². The van der Waals surface area contributed by atoms with Gasteiger partial charge in [0.2, 0.25) is 11.8 Å². The molecule has 24 heavy (non-hydrogen) atoms. The van der Waals surface area contributed by atoms with Gasteiger partial charge in [0, 0.05) is 18.5 Å². The zero-order valence-electron chi connectivity index (χ0n) is 14.8. The van der Waals surface area contributed by atoms with E-state index in [4.69, 9.17) is 9.26 Å². The summed E-state index contributed by atoms with van der Waals surface area (Å²) in [6, 6.07) is 0. The minimum atomic E-state index is -0.119. The molecule has 0 N–H and O–H groups in total. The minimum Gasteiger partial charge on any atom is -0.378 e. The van der Waals surface area contributed by atoms with Crippen molar-refractivity contribution in [2.24, 2.45) is 5.92 Å². The molecule has 0 spiro atoms. The number of amides is 1. The molecule has 132 valence electrons. The topological polar surface area (TPSA) is 68.5 Å². The van der Waals surface area contributed by atoms with Crippen molar-refractivity contribution in [2.75, 3.05) is 26.3 Å². The molecule has 0 bridgehead atoms. The Hall–Kier alpha value is -1.69. The third kappa shape index (κ3) is 3.38. The normalized spacial score (nSPS) is 25.0. The molecule has 1 aromatic heterocycles. The highest BCUT2D eigenvalue weighted by Crippen LogP contribution is 2.36. The van der Waals surface area contributed by atoms with E-state index in [1.165, 1.54) is 0 Å². The summed E-state index contributed by atoms with van der Waals surface area (Å²) in [4.78, 5) is 19.5. The van der Waals surface area contributed by atoms with E-state index >= 15 is 0 Å². The number of carbonyl (C=O) groups is 1. The number of hydrogen-bond donors (Lipinski definition) is 0. The van der Waals surface area contributed by atoms with Crippen LogP contribution in [0.25, 0.3) is 0 Å². The molecule has 1 aromatic rings. The molecule has 3 rings (SSSR count). The van der Waals surface area contributed by atoms with Crippen LogP contribution in [-0.2, 0) is 14.9 Å². The van der Waals surface area contributed by atoms with E-state index < -0.39 is 0 Å². The Bertz CT molecular complexity index is 602. The molecule has 1 amide bonds. The number of ether oxygens (including phenoxy) is 1. The monoisotopic (exact) mass is 333 g/mol. The Morgan fingerprint density at radius 1 is 1.29 bits per heavy atom. The predicted molar refractivity (Wildman–Crippen MR) is 89.6 cm³/mol. The van der Waals surface area contributed by atoms with E-state index in [1.807, 2.05) is 4.90 Å². The Balaban J connectivity index is 1.80. The van der Waals surface area contributed by atoms with Crippen LogP contribution in [0.5, 0.6) is 0 Å². The van der Waals surface area contributed by atoms with Crippen LogP contribution in [0.4, 0.5) is 0 Å². The molecule has 2 heterocycles. The summed E-state index contributed by atoms with van der Waals surface area (Å²) in [7, 11) is 0. The van der Waals surface area contributed by atoms with Crippen molar-refractivity contribution in [2.45, 2.75) is 51.4 Å². The Morgan fingerprint density at radius 2 is 2.00 bits per heavy atom. The molecule has 1 aliphatic heterocycles. The highest BCUT2D eigenvalue weighted by molar-refractivity contribution is 5.80. The van der Waals surface area contributed by atoms with E-state index in [0.717, 1.165) is 25.1 Å². The van der Waals surface area contributed by atoms with Crippen molar-refractivity contribution in [1.29, 1.82) is 0 Å². The molecule has 1 saturated heterocycles. The average molecular weight is 333 g/mol. The highest BCUT2D eigenvalue weighted by Gasteiger charge is 2.37. The summed E-state index contributed by atoms with van der Waals surface area (Å²) in [5.41, 5.74) is -0.115.